The third-order valence-corrected chi connectivity index (χ3v) is 4.71. The third-order valence-electron chi connectivity index (χ3n) is 4.71. The van der Waals surface area contributed by atoms with Crippen LogP contribution in [-0.2, 0) is 11.2 Å². The highest BCUT2D eigenvalue weighted by Crippen LogP contribution is 2.40. The van der Waals surface area contributed by atoms with Crippen LogP contribution >= 0.6 is 0 Å². The number of phenols is 4. The molecule has 7 nitrogen and oxygen atoms in total. The highest BCUT2D eigenvalue weighted by atomic mass is 16.6. The average Bonchev–Trinajstić information content (AvgIpc) is 2.58. The molecule has 7 heteroatoms. The molecule has 0 aliphatic carbocycles. The fraction of sp³-hybridized carbons (Fsp3) is 0.350. The maximum Gasteiger partial charge on any atom is 0.338 e. The fourth-order valence-corrected chi connectivity index (χ4v) is 3.15. The van der Waals surface area contributed by atoms with Gasteiger partial charge in [-0.1, -0.05) is 13.8 Å². The Kier molecular flexibility index (Phi) is 4.78. The van der Waals surface area contributed by atoms with Crippen LogP contribution in [0.3, 0.4) is 0 Å². The summed E-state index contributed by atoms with van der Waals surface area (Å²) in [6.45, 7) is 5.34. The predicted octanol–water partition coefficient (Wildman–Crippen LogP) is 3.00. The third kappa shape index (κ3) is 3.58. The average molecular weight is 374 g/mol. The van der Waals surface area contributed by atoms with Gasteiger partial charge in [-0.05, 0) is 25.0 Å². The van der Waals surface area contributed by atoms with E-state index in [-0.39, 0.29) is 46.5 Å². The van der Waals surface area contributed by atoms with Gasteiger partial charge < -0.3 is 29.9 Å². The summed E-state index contributed by atoms with van der Waals surface area (Å²) in [5.74, 6) is -1.05. The number of ether oxygens (including phenoxy) is 2. The van der Waals surface area contributed by atoms with E-state index >= 15 is 0 Å². The maximum absolute atomic E-state index is 12.5. The molecule has 0 radical (unpaired) electrons. The van der Waals surface area contributed by atoms with Crippen molar-refractivity contribution in [1.82, 2.24) is 0 Å². The molecule has 0 saturated heterocycles. The number of hydrogen-bond acceptors (Lipinski definition) is 7. The van der Waals surface area contributed by atoms with Crippen molar-refractivity contribution >= 4 is 5.97 Å². The minimum atomic E-state index is -0.721. The minimum absolute atomic E-state index is 0.0128. The summed E-state index contributed by atoms with van der Waals surface area (Å²) in [5.41, 5.74) is 0.724. The zero-order valence-corrected chi connectivity index (χ0v) is 15.3. The van der Waals surface area contributed by atoms with E-state index in [4.69, 9.17) is 9.47 Å². The summed E-state index contributed by atoms with van der Waals surface area (Å²) in [6, 6.07) is 5.08. The Morgan fingerprint density at radius 3 is 2.30 bits per heavy atom. The van der Waals surface area contributed by atoms with E-state index in [0.717, 1.165) is 0 Å². The van der Waals surface area contributed by atoms with Crippen molar-refractivity contribution in [2.75, 3.05) is 0 Å². The highest BCUT2D eigenvalue weighted by Gasteiger charge is 2.37. The van der Waals surface area contributed by atoms with Gasteiger partial charge in [0, 0.05) is 29.7 Å². The molecule has 2 atom stereocenters. The molecule has 1 heterocycles. The van der Waals surface area contributed by atoms with Crippen LogP contribution in [0.1, 0.15) is 35.3 Å². The number of phenolic OH excluding ortho intramolecular Hbond substituents is 4. The predicted molar refractivity (Wildman–Crippen MR) is 96.4 cm³/mol. The Morgan fingerprint density at radius 1 is 1.07 bits per heavy atom. The number of esters is 1. The number of aromatic hydroxyl groups is 4. The first-order chi connectivity index (χ1) is 12.7. The van der Waals surface area contributed by atoms with Gasteiger partial charge in [-0.2, -0.15) is 0 Å². The number of hydrogen-bond donors (Lipinski definition) is 4. The molecular weight excluding hydrogens is 352 g/mol. The van der Waals surface area contributed by atoms with Gasteiger partial charge in [0.1, 0.15) is 41.0 Å². The Bertz CT molecular complexity index is 865. The topological polar surface area (TPSA) is 116 Å². The van der Waals surface area contributed by atoms with Crippen LogP contribution in [-0.4, -0.2) is 38.6 Å². The van der Waals surface area contributed by atoms with E-state index in [0.29, 0.717) is 11.3 Å². The van der Waals surface area contributed by atoms with Crippen molar-refractivity contribution in [2.24, 2.45) is 5.92 Å². The largest absolute Gasteiger partial charge is 0.508 e. The van der Waals surface area contributed by atoms with Crippen molar-refractivity contribution < 1.29 is 34.7 Å². The zero-order valence-electron chi connectivity index (χ0n) is 15.3. The van der Waals surface area contributed by atoms with Gasteiger partial charge in [-0.25, -0.2) is 4.79 Å². The van der Waals surface area contributed by atoms with E-state index in [2.05, 4.69) is 0 Å². The lowest BCUT2D eigenvalue weighted by atomic mass is 9.92. The van der Waals surface area contributed by atoms with Crippen LogP contribution in [0.15, 0.2) is 24.3 Å². The summed E-state index contributed by atoms with van der Waals surface area (Å²) in [4.78, 5) is 12.5. The summed E-state index contributed by atoms with van der Waals surface area (Å²) in [6.07, 6.45) is -0.971. The van der Waals surface area contributed by atoms with Gasteiger partial charge in [-0.3, -0.25) is 0 Å². The fourth-order valence-electron chi connectivity index (χ4n) is 3.15. The molecular formula is C20H22O7. The Morgan fingerprint density at radius 2 is 1.70 bits per heavy atom. The van der Waals surface area contributed by atoms with Gasteiger partial charge in [0.15, 0.2) is 0 Å². The van der Waals surface area contributed by atoms with Crippen molar-refractivity contribution in [3.8, 4) is 28.7 Å². The van der Waals surface area contributed by atoms with Crippen LogP contribution in [0.5, 0.6) is 28.7 Å². The van der Waals surface area contributed by atoms with Crippen LogP contribution in [0.2, 0.25) is 0 Å². The second-order valence-corrected chi connectivity index (χ2v) is 7.06. The van der Waals surface area contributed by atoms with Gasteiger partial charge in [0.05, 0.1) is 5.56 Å². The molecule has 27 heavy (non-hydrogen) atoms. The first kappa shape index (κ1) is 18.7. The second-order valence-electron chi connectivity index (χ2n) is 7.06. The molecule has 4 N–H and O–H groups in total. The number of carbonyl (C=O) groups is 1. The van der Waals surface area contributed by atoms with Crippen molar-refractivity contribution in [2.45, 2.75) is 39.4 Å². The highest BCUT2D eigenvalue weighted by molar-refractivity contribution is 5.91. The molecule has 0 saturated carbocycles. The van der Waals surface area contributed by atoms with E-state index in [1.54, 1.807) is 0 Å². The lowest BCUT2D eigenvalue weighted by Gasteiger charge is -2.35. The summed E-state index contributed by atoms with van der Waals surface area (Å²) < 4.78 is 11.5. The molecule has 0 aromatic heterocycles. The van der Waals surface area contributed by atoms with Crippen molar-refractivity contribution in [3.63, 3.8) is 0 Å². The molecule has 144 valence electrons. The van der Waals surface area contributed by atoms with E-state index in [1.165, 1.54) is 31.2 Å². The summed E-state index contributed by atoms with van der Waals surface area (Å²) >= 11 is 0. The first-order valence-electron chi connectivity index (χ1n) is 8.62. The van der Waals surface area contributed by atoms with Crippen molar-refractivity contribution in [3.05, 3.63) is 41.0 Å². The lowest BCUT2D eigenvalue weighted by Crippen LogP contribution is -2.44. The van der Waals surface area contributed by atoms with Gasteiger partial charge in [0.2, 0.25) is 0 Å². The SMILES string of the molecule is Cc1c(O)cc(C(=O)O[C@@H]2Cc3c(O)cc(O)cc3O[C@@H]2C(C)C)cc1O. The molecule has 2 aromatic rings. The Hall–Kier alpha value is -3.09. The molecule has 0 bridgehead atoms. The normalized spacial score (nSPS) is 18.7. The number of fused-ring (bicyclic) bond motifs is 1. The smallest absolute Gasteiger partial charge is 0.338 e. The molecule has 0 unspecified atom stereocenters. The monoisotopic (exact) mass is 374 g/mol. The quantitative estimate of drug-likeness (QED) is 0.610. The number of carbonyl (C=O) groups excluding carboxylic acids is 1. The first-order valence-corrected chi connectivity index (χ1v) is 8.62. The number of benzene rings is 2. The van der Waals surface area contributed by atoms with Crippen LogP contribution in [0.4, 0.5) is 0 Å². The van der Waals surface area contributed by atoms with Crippen LogP contribution in [0.25, 0.3) is 0 Å². The van der Waals surface area contributed by atoms with E-state index in [1.807, 2.05) is 13.8 Å². The Labute approximate surface area is 156 Å². The summed E-state index contributed by atoms with van der Waals surface area (Å²) in [5, 5.41) is 39.4. The molecule has 0 spiro atoms. The summed E-state index contributed by atoms with van der Waals surface area (Å²) in [7, 11) is 0. The van der Waals surface area contributed by atoms with Crippen LogP contribution in [0, 0.1) is 12.8 Å². The van der Waals surface area contributed by atoms with Crippen molar-refractivity contribution in [1.29, 1.82) is 0 Å². The minimum Gasteiger partial charge on any atom is -0.508 e. The zero-order chi connectivity index (χ0) is 19.9. The van der Waals surface area contributed by atoms with Gasteiger partial charge in [0.25, 0.3) is 0 Å². The standard InChI is InChI=1S/C20H22O7/c1-9(2)19-18(8-13-16(24)6-12(21)7-17(13)26-19)27-20(25)11-4-14(22)10(3)15(23)5-11/h4-7,9,18-19,21-24H,8H2,1-3H3/t18-,19-/m1/s1. The molecule has 3 rings (SSSR count). The van der Waals surface area contributed by atoms with Gasteiger partial charge >= 0.3 is 5.97 Å². The van der Waals surface area contributed by atoms with Gasteiger partial charge in [-0.15, -0.1) is 0 Å². The van der Waals surface area contributed by atoms with E-state index < -0.39 is 18.2 Å². The molecule has 0 amide bonds. The lowest BCUT2D eigenvalue weighted by molar-refractivity contribution is -0.0326. The molecule has 1 aliphatic rings. The Balaban J connectivity index is 1.89. The molecule has 0 fully saturated rings. The second kappa shape index (κ2) is 6.90. The molecule has 1 aliphatic heterocycles. The van der Waals surface area contributed by atoms with E-state index in [9.17, 15) is 25.2 Å². The number of rotatable bonds is 3. The van der Waals surface area contributed by atoms with Crippen LogP contribution < -0.4 is 4.74 Å². The maximum atomic E-state index is 12.5. The molecule has 2 aromatic carbocycles.